The molecule has 1 aliphatic carbocycles. The number of hydrogen-bond acceptors (Lipinski definition) is 5. The number of rotatable bonds is 9. The van der Waals surface area contributed by atoms with Gasteiger partial charge in [0.05, 0.1) is 18.7 Å². The van der Waals surface area contributed by atoms with Gasteiger partial charge >= 0.3 is 5.97 Å². The molecule has 1 saturated carbocycles. The van der Waals surface area contributed by atoms with Gasteiger partial charge < -0.3 is 19.5 Å². The fourth-order valence-corrected chi connectivity index (χ4v) is 2.75. The second kappa shape index (κ2) is 9.48. The molecule has 0 unspecified atom stereocenters. The highest BCUT2D eigenvalue weighted by Crippen LogP contribution is 2.36. The van der Waals surface area contributed by atoms with E-state index in [-0.39, 0.29) is 18.6 Å². The molecule has 1 atom stereocenters. The van der Waals surface area contributed by atoms with Crippen molar-refractivity contribution in [1.29, 1.82) is 0 Å². The molecule has 1 fully saturated rings. The van der Waals surface area contributed by atoms with E-state index in [0.717, 1.165) is 12.8 Å². The highest BCUT2D eigenvalue weighted by atomic mass is 35.5. The standard InChI is InChI=1S/C19H24ClNO5/c1-4-25-19-15(20)9-13(10-16(19)24-3)5-8-18(23)26-11-17(22)21-12(2)14-6-7-14/h5,8-10,12,14H,4,6-7,11H2,1-3H3,(H,21,22)/b8-5+/t12-/m0/s1. The van der Waals surface area contributed by atoms with Crippen LogP contribution in [-0.4, -0.2) is 38.2 Å². The number of hydrogen-bond donors (Lipinski definition) is 1. The predicted octanol–water partition coefficient (Wildman–Crippen LogP) is 3.22. The van der Waals surface area contributed by atoms with Crippen molar-refractivity contribution in [2.24, 2.45) is 5.92 Å². The van der Waals surface area contributed by atoms with Gasteiger partial charge in [-0.2, -0.15) is 0 Å². The van der Waals surface area contributed by atoms with Gasteiger partial charge in [0.1, 0.15) is 0 Å². The summed E-state index contributed by atoms with van der Waals surface area (Å²) in [5.41, 5.74) is 0.652. The Balaban J connectivity index is 1.88. The third kappa shape index (κ3) is 5.95. The molecule has 0 spiro atoms. The number of carbonyl (C=O) groups is 2. The average molecular weight is 382 g/mol. The van der Waals surface area contributed by atoms with Crippen LogP contribution in [0, 0.1) is 5.92 Å². The van der Waals surface area contributed by atoms with Gasteiger partial charge in [-0.1, -0.05) is 11.6 Å². The summed E-state index contributed by atoms with van der Waals surface area (Å²) in [5.74, 6) is 0.577. The first-order chi connectivity index (χ1) is 12.4. The molecular formula is C19H24ClNO5. The van der Waals surface area contributed by atoms with Crippen molar-refractivity contribution in [3.05, 3.63) is 28.8 Å². The normalized spacial score (nSPS) is 14.8. The Bertz CT molecular complexity index is 685. The minimum atomic E-state index is -0.608. The zero-order valence-corrected chi connectivity index (χ0v) is 16.0. The van der Waals surface area contributed by atoms with Crippen molar-refractivity contribution >= 4 is 29.6 Å². The number of ether oxygens (including phenoxy) is 3. The number of carbonyl (C=O) groups excluding carboxylic acids is 2. The smallest absolute Gasteiger partial charge is 0.331 e. The summed E-state index contributed by atoms with van der Waals surface area (Å²) in [7, 11) is 1.51. The molecule has 0 aliphatic heterocycles. The van der Waals surface area contributed by atoms with E-state index >= 15 is 0 Å². The Kier molecular flexibility index (Phi) is 7.33. The van der Waals surface area contributed by atoms with E-state index in [4.69, 9.17) is 25.8 Å². The lowest BCUT2D eigenvalue weighted by Gasteiger charge is -2.12. The number of nitrogens with one attached hydrogen (secondary N) is 1. The number of methoxy groups -OCH3 is 1. The largest absolute Gasteiger partial charge is 0.493 e. The maximum Gasteiger partial charge on any atom is 0.331 e. The van der Waals surface area contributed by atoms with Crippen molar-refractivity contribution in [3.8, 4) is 11.5 Å². The summed E-state index contributed by atoms with van der Waals surface area (Å²) in [4.78, 5) is 23.5. The van der Waals surface area contributed by atoms with Gasteiger partial charge in [-0.15, -0.1) is 0 Å². The zero-order valence-electron chi connectivity index (χ0n) is 15.2. The van der Waals surface area contributed by atoms with Crippen molar-refractivity contribution in [2.45, 2.75) is 32.7 Å². The average Bonchev–Trinajstić information content (AvgIpc) is 3.45. The van der Waals surface area contributed by atoms with Crippen LogP contribution in [0.3, 0.4) is 0 Å². The molecule has 1 N–H and O–H groups in total. The SMILES string of the molecule is CCOc1c(Cl)cc(/C=C/C(=O)OCC(=O)N[C@@H](C)C2CC2)cc1OC. The van der Waals surface area contributed by atoms with Gasteiger partial charge in [-0.3, -0.25) is 4.79 Å². The molecule has 26 heavy (non-hydrogen) atoms. The molecule has 1 aromatic carbocycles. The maximum absolute atomic E-state index is 11.8. The fraction of sp³-hybridized carbons (Fsp3) is 0.474. The first kappa shape index (κ1) is 20.1. The van der Waals surface area contributed by atoms with Crippen molar-refractivity contribution in [1.82, 2.24) is 5.32 Å². The Morgan fingerprint density at radius 2 is 2.12 bits per heavy atom. The number of amides is 1. The minimum absolute atomic E-state index is 0.121. The quantitative estimate of drug-likeness (QED) is 0.525. The molecule has 0 heterocycles. The minimum Gasteiger partial charge on any atom is -0.493 e. The van der Waals surface area contributed by atoms with Crippen LogP contribution < -0.4 is 14.8 Å². The van der Waals surface area contributed by atoms with Crippen LogP contribution in [0.5, 0.6) is 11.5 Å². The number of esters is 1. The van der Waals surface area contributed by atoms with E-state index in [0.29, 0.717) is 34.6 Å². The van der Waals surface area contributed by atoms with Gasteiger partial charge in [0, 0.05) is 12.1 Å². The van der Waals surface area contributed by atoms with E-state index < -0.39 is 5.97 Å². The predicted molar refractivity (Wildman–Crippen MR) is 99.5 cm³/mol. The van der Waals surface area contributed by atoms with Crippen LogP contribution in [-0.2, 0) is 14.3 Å². The lowest BCUT2D eigenvalue weighted by Crippen LogP contribution is -2.36. The van der Waals surface area contributed by atoms with Crippen molar-refractivity contribution in [3.63, 3.8) is 0 Å². The molecule has 142 valence electrons. The second-order valence-corrected chi connectivity index (χ2v) is 6.51. The van der Waals surface area contributed by atoms with E-state index in [1.165, 1.54) is 19.3 Å². The van der Waals surface area contributed by atoms with E-state index in [9.17, 15) is 9.59 Å². The summed E-state index contributed by atoms with van der Waals surface area (Å²) >= 11 is 6.18. The monoisotopic (exact) mass is 381 g/mol. The fourth-order valence-electron chi connectivity index (χ4n) is 2.48. The van der Waals surface area contributed by atoms with Gasteiger partial charge in [0.25, 0.3) is 5.91 Å². The summed E-state index contributed by atoms with van der Waals surface area (Å²) in [6.07, 6.45) is 5.05. The van der Waals surface area contributed by atoms with Crippen molar-refractivity contribution in [2.75, 3.05) is 20.3 Å². The lowest BCUT2D eigenvalue weighted by atomic mass is 10.2. The third-order valence-corrected chi connectivity index (χ3v) is 4.30. The molecule has 0 bridgehead atoms. The molecule has 0 aromatic heterocycles. The van der Waals surface area contributed by atoms with Gasteiger partial charge in [0.15, 0.2) is 18.1 Å². The zero-order chi connectivity index (χ0) is 19.1. The topological polar surface area (TPSA) is 73.9 Å². The maximum atomic E-state index is 11.8. The highest BCUT2D eigenvalue weighted by Gasteiger charge is 2.28. The third-order valence-electron chi connectivity index (χ3n) is 4.02. The first-order valence-corrected chi connectivity index (χ1v) is 8.97. The number of halogens is 1. The van der Waals surface area contributed by atoms with Crippen LogP contribution >= 0.6 is 11.6 Å². The molecule has 1 amide bonds. The summed E-state index contributed by atoms with van der Waals surface area (Å²) in [6, 6.07) is 3.48. The second-order valence-electron chi connectivity index (χ2n) is 6.10. The highest BCUT2D eigenvalue weighted by molar-refractivity contribution is 6.32. The molecule has 1 aromatic rings. The molecule has 7 heteroatoms. The molecule has 6 nitrogen and oxygen atoms in total. The molecule has 2 rings (SSSR count). The Morgan fingerprint density at radius 3 is 2.73 bits per heavy atom. The van der Waals surface area contributed by atoms with E-state index in [1.807, 2.05) is 13.8 Å². The van der Waals surface area contributed by atoms with Gasteiger partial charge in [0.2, 0.25) is 0 Å². The summed E-state index contributed by atoms with van der Waals surface area (Å²) < 4.78 is 15.6. The molecular weight excluding hydrogens is 358 g/mol. The van der Waals surface area contributed by atoms with Crippen LogP contribution in [0.15, 0.2) is 18.2 Å². The Labute approximate surface area is 158 Å². The summed E-state index contributed by atoms with van der Waals surface area (Å²) in [6.45, 7) is 3.97. The van der Waals surface area contributed by atoms with Crippen LogP contribution in [0.25, 0.3) is 6.08 Å². The lowest BCUT2D eigenvalue weighted by molar-refractivity contribution is -0.144. The summed E-state index contributed by atoms with van der Waals surface area (Å²) in [5, 5.41) is 3.21. The van der Waals surface area contributed by atoms with Gasteiger partial charge in [-0.05, 0) is 56.4 Å². The molecule has 0 saturated heterocycles. The van der Waals surface area contributed by atoms with Gasteiger partial charge in [-0.25, -0.2) is 4.79 Å². The Morgan fingerprint density at radius 1 is 1.38 bits per heavy atom. The molecule has 1 aliphatic rings. The van der Waals surface area contributed by atoms with Crippen LogP contribution in [0.1, 0.15) is 32.3 Å². The van der Waals surface area contributed by atoms with Crippen molar-refractivity contribution < 1.29 is 23.8 Å². The Hall–Kier alpha value is -2.21. The molecule has 0 radical (unpaired) electrons. The van der Waals surface area contributed by atoms with Crippen LogP contribution in [0.2, 0.25) is 5.02 Å². The van der Waals surface area contributed by atoms with E-state index in [1.54, 1.807) is 12.1 Å². The number of benzene rings is 1. The van der Waals surface area contributed by atoms with Crippen LogP contribution in [0.4, 0.5) is 0 Å². The van der Waals surface area contributed by atoms with E-state index in [2.05, 4.69) is 5.32 Å². The first-order valence-electron chi connectivity index (χ1n) is 8.59.